The quantitative estimate of drug-likeness (QED) is 0.370. The van der Waals surface area contributed by atoms with Crippen LogP contribution in [0.4, 0.5) is 0 Å². The summed E-state index contributed by atoms with van der Waals surface area (Å²) >= 11 is 0. The lowest BCUT2D eigenvalue weighted by Gasteiger charge is -2.60. The van der Waals surface area contributed by atoms with E-state index in [1.165, 1.54) is 6.42 Å². The maximum absolute atomic E-state index is 13.8. The number of esters is 3. The van der Waals surface area contributed by atoms with Gasteiger partial charge >= 0.3 is 23.9 Å². The van der Waals surface area contributed by atoms with Crippen LogP contribution in [-0.2, 0) is 33.4 Å². The smallest absolute Gasteiger partial charge is 0.344 e. The van der Waals surface area contributed by atoms with E-state index >= 15 is 0 Å². The minimum Gasteiger partial charge on any atom is -0.481 e. The van der Waals surface area contributed by atoms with Gasteiger partial charge in [0.05, 0.1) is 17.8 Å². The Hall–Kier alpha value is -2.12. The highest BCUT2D eigenvalue weighted by Gasteiger charge is 2.63. The van der Waals surface area contributed by atoms with E-state index in [9.17, 15) is 24.3 Å². The van der Waals surface area contributed by atoms with Crippen LogP contribution in [0.3, 0.4) is 0 Å². The van der Waals surface area contributed by atoms with Gasteiger partial charge in [-0.25, -0.2) is 4.79 Å². The van der Waals surface area contributed by atoms with Gasteiger partial charge in [-0.2, -0.15) is 0 Å². The number of aliphatic carboxylic acids is 1. The van der Waals surface area contributed by atoms with Gasteiger partial charge in [0.15, 0.2) is 6.61 Å². The summed E-state index contributed by atoms with van der Waals surface area (Å²) < 4.78 is 17.1. The Morgan fingerprint density at radius 1 is 0.917 bits per heavy atom. The molecule has 6 aliphatic rings. The van der Waals surface area contributed by atoms with Crippen molar-refractivity contribution in [2.24, 2.45) is 53.3 Å². The van der Waals surface area contributed by atoms with Crippen LogP contribution in [0.5, 0.6) is 0 Å². The summed E-state index contributed by atoms with van der Waals surface area (Å²) in [6, 6.07) is 0. The molecule has 6 fully saturated rings. The molecule has 6 unspecified atom stereocenters. The normalized spacial score (nSPS) is 42.7. The van der Waals surface area contributed by atoms with Gasteiger partial charge in [0.1, 0.15) is 11.7 Å². The molecule has 0 aromatic heterocycles. The highest BCUT2D eigenvalue weighted by atomic mass is 16.6. The maximum Gasteiger partial charge on any atom is 0.344 e. The summed E-state index contributed by atoms with van der Waals surface area (Å²) in [6.07, 6.45) is 7.44. The Bertz CT molecular complexity index is 883. The number of rotatable bonds is 9. The molecular weight excluding hydrogens is 464 g/mol. The van der Waals surface area contributed by atoms with E-state index in [1.54, 1.807) is 6.92 Å². The van der Waals surface area contributed by atoms with E-state index in [4.69, 9.17) is 14.2 Å². The van der Waals surface area contributed by atoms with Crippen LogP contribution in [0.15, 0.2) is 0 Å². The molecule has 6 bridgehead atoms. The number of hydrogen-bond acceptors (Lipinski definition) is 7. The number of carbonyl (C=O) groups excluding carboxylic acids is 3. The number of carbonyl (C=O) groups is 4. The number of carboxylic acids is 1. The molecule has 6 aliphatic carbocycles. The monoisotopic (exact) mass is 504 g/mol. The fourth-order valence-electron chi connectivity index (χ4n) is 8.81. The van der Waals surface area contributed by atoms with Crippen molar-refractivity contribution >= 4 is 23.9 Å². The van der Waals surface area contributed by atoms with E-state index in [-0.39, 0.29) is 17.8 Å². The summed E-state index contributed by atoms with van der Waals surface area (Å²) in [4.78, 5) is 50.3. The molecule has 36 heavy (non-hydrogen) atoms. The maximum atomic E-state index is 13.8. The Kier molecular flexibility index (Phi) is 6.83. The standard InChI is InChI=1S/C28H40O8/c1-4-14(3)26(32)34-13-22(29)35-21-12-17-11-20(21)24(23(17)25(30)31)27(33)36-28(5-2)18-7-15-6-16(9-18)10-19(28)8-15/h14-21,23-24H,4-13H2,1-3H3,(H,30,31). The molecule has 0 radical (unpaired) electrons. The van der Waals surface area contributed by atoms with E-state index < -0.39 is 54.0 Å². The van der Waals surface area contributed by atoms with E-state index in [1.807, 2.05) is 6.92 Å². The number of carboxylic acid groups (broad SMARTS) is 1. The van der Waals surface area contributed by atoms with Crippen LogP contribution >= 0.6 is 0 Å². The molecule has 0 aromatic carbocycles. The molecule has 0 aliphatic heterocycles. The lowest BCUT2D eigenvalue weighted by Crippen LogP contribution is -2.60. The lowest BCUT2D eigenvalue weighted by atomic mass is 9.49. The molecule has 8 heteroatoms. The van der Waals surface area contributed by atoms with Crippen molar-refractivity contribution in [3.63, 3.8) is 0 Å². The molecular formula is C28H40O8. The van der Waals surface area contributed by atoms with Crippen molar-refractivity contribution in [3.8, 4) is 0 Å². The molecule has 8 nitrogen and oxygen atoms in total. The molecule has 200 valence electrons. The fraction of sp³-hybridized carbons (Fsp3) is 0.857. The molecule has 6 saturated carbocycles. The molecule has 0 amide bonds. The van der Waals surface area contributed by atoms with Crippen LogP contribution in [-0.4, -0.2) is 47.3 Å². The van der Waals surface area contributed by atoms with E-state index in [0.717, 1.165) is 43.9 Å². The van der Waals surface area contributed by atoms with Crippen LogP contribution in [0.2, 0.25) is 0 Å². The highest BCUT2D eigenvalue weighted by molar-refractivity contribution is 5.83. The van der Waals surface area contributed by atoms with Gasteiger partial charge in [0.2, 0.25) is 0 Å². The van der Waals surface area contributed by atoms with Crippen molar-refractivity contribution in [1.29, 1.82) is 0 Å². The summed E-state index contributed by atoms with van der Waals surface area (Å²) in [7, 11) is 0. The Balaban J connectivity index is 1.27. The number of hydrogen-bond donors (Lipinski definition) is 1. The first-order chi connectivity index (χ1) is 17.2. The van der Waals surface area contributed by atoms with Crippen LogP contribution in [0.25, 0.3) is 0 Å². The third kappa shape index (κ3) is 4.22. The Morgan fingerprint density at radius 3 is 2.11 bits per heavy atom. The molecule has 0 saturated heterocycles. The minimum absolute atomic E-state index is 0.235. The zero-order valence-corrected chi connectivity index (χ0v) is 21.6. The first-order valence-corrected chi connectivity index (χ1v) is 14.0. The van der Waals surface area contributed by atoms with Gasteiger partial charge in [-0.15, -0.1) is 0 Å². The Morgan fingerprint density at radius 2 is 1.56 bits per heavy atom. The largest absolute Gasteiger partial charge is 0.481 e. The SMILES string of the molecule is CCC(C)C(=O)OCC(=O)OC1CC2CC1C(C(=O)OC1(CC)C3CC4CC(C3)CC1C4)C2C(=O)O. The molecule has 0 aromatic rings. The number of fused-ring (bicyclic) bond motifs is 2. The van der Waals surface area contributed by atoms with Crippen molar-refractivity contribution in [2.45, 2.75) is 90.3 Å². The molecule has 6 rings (SSSR count). The number of ether oxygens (including phenoxy) is 3. The van der Waals surface area contributed by atoms with Crippen molar-refractivity contribution in [1.82, 2.24) is 0 Å². The van der Waals surface area contributed by atoms with Crippen molar-refractivity contribution < 1.29 is 38.5 Å². The van der Waals surface area contributed by atoms with Crippen LogP contribution in [0, 0.1) is 53.3 Å². The Labute approximate surface area is 212 Å². The van der Waals surface area contributed by atoms with Gasteiger partial charge < -0.3 is 19.3 Å². The van der Waals surface area contributed by atoms with Gasteiger partial charge in [-0.3, -0.25) is 14.4 Å². The second-order valence-electron chi connectivity index (χ2n) is 12.3. The predicted molar refractivity (Wildman–Crippen MR) is 127 cm³/mol. The fourth-order valence-corrected chi connectivity index (χ4v) is 8.81. The third-order valence-electron chi connectivity index (χ3n) is 10.5. The second-order valence-corrected chi connectivity index (χ2v) is 12.3. The lowest BCUT2D eigenvalue weighted by molar-refractivity contribution is -0.219. The first-order valence-electron chi connectivity index (χ1n) is 14.0. The van der Waals surface area contributed by atoms with E-state index in [0.29, 0.717) is 31.1 Å². The molecule has 0 spiro atoms. The first kappa shape index (κ1) is 25.5. The highest BCUT2D eigenvalue weighted by Crippen LogP contribution is 2.62. The van der Waals surface area contributed by atoms with Crippen molar-refractivity contribution in [3.05, 3.63) is 0 Å². The average Bonchev–Trinajstić information content (AvgIpc) is 3.42. The van der Waals surface area contributed by atoms with E-state index in [2.05, 4.69) is 6.92 Å². The zero-order valence-electron chi connectivity index (χ0n) is 21.6. The summed E-state index contributed by atoms with van der Waals surface area (Å²) in [5.74, 6) is -2.87. The minimum atomic E-state index is -0.979. The van der Waals surface area contributed by atoms with Gasteiger partial charge in [-0.05, 0) is 87.4 Å². The van der Waals surface area contributed by atoms with Gasteiger partial charge in [0.25, 0.3) is 0 Å². The molecule has 1 N–H and O–H groups in total. The second kappa shape index (κ2) is 9.64. The topological polar surface area (TPSA) is 116 Å². The van der Waals surface area contributed by atoms with Crippen molar-refractivity contribution in [2.75, 3.05) is 6.61 Å². The van der Waals surface area contributed by atoms with Crippen LogP contribution in [0.1, 0.15) is 78.6 Å². The van der Waals surface area contributed by atoms with Crippen LogP contribution < -0.4 is 0 Å². The third-order valence-corrected chi connectivity index (χ3v) is 10.5. The summed E-state index contributed by atoms with van der Waals surface area (Å²) in [6.45, 7) is 5.22. The average molecular weight is 505 g/mol. The van der Waals surface area contributed by atoms with Gasteiger partial charge in [-0.1, -0.05) is 20.8 Å². The molecule has 0 heterocycles. The zero-order chi connectivity index (χ0) is 25.8. The molecule has 6 atom stereocenters. The summed E-state index contributed by atoms with van der Waals surface area (Å²) in [5.41, 5.74) is -0.494. The predicted octanol–water partition coefficient (Wildman–Crippen LogP) is 3.99. The van der Waals surface area contributed by atoms with Gasteiger partial charge in [0, 0.05) is 5.92 Å². The summed E-state index contributed by atoms with van der Waals surface area (Å²) in [5, 5.41) is 10.00.